The highest BCUT2D eigenvalue weighted by Crippen LogP contribution is 2.16. The molecule has 2 heterocycles. The van der Waals surface area contributed by atoms with Gasteiger partial charge >= 0.3 is 0 Å². The number of aromatic amines is 1. The molecule has 2 aromatic rings. The van der Waals surface area contributed by atoms with Crippen molar-refractivity contribution in [3.05, 3.63) is 46.6 Å². The van der Waals surface area contributed by atoms with Crippen LogP contribution in [0.25, 0.3) is 0 Å². The molecule has 17 heavy (non-hydrogen) atoms. The van der Waals surface area contributed by atoms with E-state index in [4.69, 9.17) is 4.74 Å². The minimum atomic E-state index is -0.129. The van der Waals surface area contributed by atoms with Gasteiger partial charge in [0.1, 0.15) is 0 Å². The van der Waals surface area contributed by atoms with Gasteiger partial charge in [-0.3, -0.25) is 4.79 Å². The Morgan fingerprint density at radius 3 is 2.82 bits per heavy atom. The standard InChI is InChI=1S/C11H11N3O2S/c1-16-10-6-14-8(5-9(10)15)7-17-11-12-3-2-4-13-11/h2-6H,7H2,1H3,(H,14,15). The van der Waals surface area contributed by atoms with Gasteiger partial charge in [0.15, 0.2) is 10.9 Å². The highest BCUT2D eigenvalue weighted by Gasteiger charge is 2.02. The molecule has 5 nitrogen and oxygen atoms in total. The van der Waals surface area contributed by atoms with E-state index in [1.54, 1.807) is 24.7 Å². The number of thioether (sulfide) groups is 1. The van der Waals surface area contributed by atoms with Gasteiger partial charge in [-0.05, 0) is 6.07 Å². The minimum Gasteiger partial charge on any atom is -0.491 e. The maximum absolute atomic E-state index is 11.5. The molecular formula is C11H11N3O2S. The van der Waals surface area contributed by atoms with Gasteiger partial charge in [0.25, 0.3) is 0 Å². The number of pyridine rings is 1. The number of rotatable bonds is 4. The van der Waals surface area contributed by atoms with Crippen molar-refractivity contribution in [1.82, 2.24) is 15.0 Å². The second kappa shape index (κ2) is 5.49. The van der Waals surface area contributed by atoms with Gasteiger partial charge in [0.05, 0.1) is 7.11 Å². The number of ether oxygens (including phenoxy) is 1. The number of hydrogen-bond acceptors (Lipinski definition) is 5. The third-order valence-electron chi connectivity index (χ3n) is 2.06. The Morgan fingerprint density at radius 2 is 2.18 bits per heavy atom. The summed E-state index contributed by atoms with van der Waals surface area (Å²) < 4.78 is 4.89. The van der Waals surface area contributed by atoms with Crippen LogP contribution in [-0.2, 0) is 5.75 Å². The molecule has 0 aliphatic heterocycles. The first-order valence-electron chi connectivity index (χ1n) is 4.95. The Balaban J connectivity index is 2.05. The molecule has 0 saturated heterocycles. The summed E-state index contributed by atoms with van der Waals surface area (Å²) in [6.07, 6.45) is 4.93. The molecule has 1 N–H and O–H groups in total. The van der Waals surface area contributed by atoms with Crippen molar-refractivity contribution >= 4 is 11.8 Å². The minimum absolute atomic E-state index is 0.129. The van der Waals surface area contributed by atoms with Crippen molar-refractivity contribution in [2.75, 3.05) is 7.11 Å². The fourth-order valence-electron chi connectivity index (χ4n) is 1.25. The van der Waals surface area contributed by atoms with E-state index >= 15 is 0 Å². The average Bonchev–Trinajstić information content (AvgIpc) is 2.38. The van der Waals surface area contributed by atoms with Crippen molar-refractivity contribution < 1.29 is 4.74 Å². The molecule has 2 aromatic heterocycles. The third-order valence-corrected chi connectivity index (χ3v) is 2.98. The van der Waals surface area contributed by atoms with Crippen molar-refractivity contribution in [2.24, 2.45) is 0 Å². The van der Waals surface area contributed by atoms with Crippen LogP contribution in [0.4, 0.5) is 0 Å². The molecule has 0 radical (unpaired) electrons. The van der Waals surface area contributed by atoms with Crippen LogP contribution in [0, 0.1) is 0 Å². The molecule has 0 aliphatic rings. The lowest BCUT2D eigenvalue weighted by atomic mass is 10.3. The Labute approximate surface area is 102 Å². The molecule has 0 fully saturated rings. The SMILES string of the molecule is COc1c[nH]c(CSc2ncccn2)cc1=O. The van der Waals surface area contributed by atoms with E-state index in [2.05, 4.69) is 15.0 Å². The summed E-state index contributed by atoms with van der Waals surface area (Å²) in [5, 5.41) is 0.684. The number of nitrogens with zero attached hydrogens (tertiary/aromatic N) is 2. The molecule has 0 unspecified atom stereocenters. The second-order valence-electron chi connectivity index (χ2n) is 3.21. The van der Waals surface area contributed by atoms with E-state index < -0.39 is 0 Å². The van der Waals surface area contributed by atoms with Crippen LogP contribution in [0.2, 0.25) is 0 Å². The summed E-state index contributed by atoms with van der Waals surface area (Å²) in [5.74, 6) is 0.929. The van der Waals surface area contributed by atoms with Crippen LogP contribution in [0.15, 0.2) is 40.7 Å². The number of methoxy groups -OCH3 is 1. The molecule has 0 aromatic carbocycles. The van der Waals surface area contributed by atoms with Crippen molar-refractivity contribution in [1.29, 1.82) is 0 Å². The van der Waals surface area contributed by atoms with Crippen LogP contribution in [0.5, 0.6) is 5.75 Å². The number of nitrogens with one attached hydrogen (secondary N) is 1. The molecule has 2 rings (SSSR count). The van der Waals surface area contributed by atoms with E-state index in [0.29, 0.717) is 16.7 Å². The molecule has 0 spiro atoms. The van der Waals surface area contributed by atoms with E-state index in [0.717, 1.165) is 5.69 Å². The van der Waals surface area contributed by atoms with E-state index in [-0.39, 0.29) is 5.43 Å². The predicted octanol–water partition coefficient (Wildman–Crippen LogP) is 1.47. The number of aromatic nitrogens is 3. The quantitative estimate of drug-likeness (QED) is 0.656. The summed E-state index contributed by atoms with van der Waals surface area (Å²) in [7, 11) is 1.47. The molecule has 0 bridgehead atoms. The van der Waals surface area contributed by atoms with Gasteiger partial charge in [0.2, 0.25) is 5.43 Å². The first kappa shape index (κ1) is 11.7. The summed E-state index contributed by atoms with van der Waals surface area (Å²) >= 11 is 1.46. The molecule has 0 amide bonds. The zero-order chi connectivity index (χ0) is 12.1. The smallest absolute Gasteiger partial charge is 0.223 e. The fourth-order valence-corrected chi connectivity index (χ4v) is 1.97. The largest absolute Gasteiger partial charge is 0.491 e. The highest BCUT2D eigenvalue weighted by atomic mass is 32.2. The monoisotopic (exact) mass is 249 g/mol. The van der Waals surface area contributed by atoms with Crippen LogP contribution < -0.4 is 10.2 Å². The van der Waals surface area contributed by atoms with E-state index in [1.165, 1.54) is 24.9 Å². The highest BCUT2D eigenvalue weighted by molar-refractivity contribution is 7.98. The summed E-state index contributed by atoms with van der Waals surface area (Å²) in [5.41, 5.74) is 0.684. The van der Waals surface area contributed by atoms with E-state index in [1.807, 2.05) is 0 Å². The molecule has 88 valence electrons. The van der Waals surface area contributed by atoms with Gasteiger partial charge in [0, 0.05) is 36.1 Å². The maximum Gasteiger partial charge on any atom is 0.223 e. The lowest BCUT2D eigenvalue weighted by Gasteiger charge is -2.02. The number of hydrogen-bond donors (Lipinski definition) is 1. The van der Waals surface area contributed by atoms with Gasteiger partial charge in [-0.2, -0.15) is 0 Å². The normalized spacial score (nSPS) is 10.2. The molecule has 6 heteroatoms. The van der Waals surface area contributed by atoms with Crippen molar-refractivity contribution in [3.63, 3.8) is 0 Å². The first-order valence-corrected chi connectivity index (χ1v) is 5.93. The molecular weight excluding hydrogens is 238 g/mol. The maximum atomic E-state index is 11.5. The zero-order valence-electron chi connectivity index (χ0n) is 9.21. The Morgan fingerprint density at radius 1 is 1.41 bits per heavy atom. The average molecular weight is 249 g/mol. The lowest BCUT2D eigenvalue weighted by Crippen LogP contribution is -2.06. The third kappa shape index (κ3) is 3.07. The summed E-state index contributed by atoms with van der Waals surface area (Å²) in [6, 6.07) is 3.29. The second-order valence-corrected chi connectivity index (χ2v) is 4.15. The Bertz CT molecular complexity index is 542. The van der Waals surface area contributed by atoms with Gasteiger partial charge in [-0.1, -0.05) is 11.8 Å². The van der Waals surface area contributed by atoms with Crippen molar-refractivity contribution in [2.45, 2.75) is 10.9 Å². The van der Waals surface area contributed by atoms with Gasteiger partial charge < -0.3 is 9.72 Å². The van der Waals surface area contributed by atoms with Gasteiger partial charge in [-0.25, -0.2) is 9.97 Å². The van der Waals surface area contributed by atoms with Crippen LogP contribution >= 0.6 is 11.8 Å². The van der Waals surface area contributed by atoms with Gasteiger partial charge in [-0.15, -0.1) is 0 Å². The summed E-state index contributed by atoms with van der Waals surface area (Å²) in [4.78, 5) is 22.7. The Hall–Kier alpha value is -1.82. The molecule has 0 atom stereocenters. The Kier molecular flexibility index (Phi) is 3.77. The number of H-pyrrole nitrogens is 1. The van der Waals surface area contributed by atoms with Crippen LogP contribution in [0.3, 0.4) is 0 Å². The topological polar surface area (TPSA) is 67.9 Å². The van der Waals surface area contributed by atoms with E-state index in [9.17, 15) is 4.79 Å². The van der Waals surface area contributed by atoms with Crippen molar-refractivity contribution in [3.8, 4) is 5.75 Å². The predicted molar refractivity (Wildman–Crippen MR) is 65.2 cm³/mol. The zero-order valence-corrected chi connectivity index (χ0v) is 10.0. The molecule has 0 saturated carbocycles. The first-order chi connectivity index (χ1) is 8.29. The molecule has 0 aliphatic carbocycles. The van der Waals surface area contributed by atoms with Crippen LogP contribution in [-0.4, -0.2) is 22.1 Å². The summed E-state index contributed by atoms with van der Waals surface area (Å²) in [6.45, 7) is 0. The fraction of sp³-hybridized carbons (Fsp3) is 0.182. The lowest BCUT2D eigenvalue weighted by molar-refractivity contribution is 0.408. The van der Waals surface area contributed by atoms with Crippen LogP contribution in [0.1, 0.15) is 5.69 Å².